The van der Waals surface area contributed by atoms with Gasteiger partial charge in [0.15, 0.2) is 0 Å². The van der Waals surface area contributed by atoms with Crippen molar-refractivity contribution in [1.29, 1.82) is 0 Å². The molecule has 0 bridgehead atoms. The summed E-state index contributed by atoms with van der Waals surface area (Å²) in [5, 5.41) is 3.22. The minimum absolute atomic E-state index is 0.0428. The van der Waals surface area contributed by atoms with Crippen LogP contribution < -0.4 is 10.2 Å². The normalized spacial score (nSPS) is 22.0. The summed E-state index contributed by atoms with van der Waals surface area (Å²) < 4.78 is 32.3. The Morgan fingerprint density at radius 1 is 1.03 bits per heavy atom. The number of benzene rings is 1. The lowest BCUT2D eigenvalue weighted by molar-refractivity contribution is -0.0361. The lowest BCUT2D eigenvalue weighted by Gasteiger charge is -2.48. The summed E-state index contributed by atoms with van der Waals surface area (Å²) in [7, 11) is -0.600. The molecule has 1 N–H and O–H groups in total. The number of anilines is 1. The third-order valence-corrected chi connectivity index (χ3v) is 9.29. The summed E-state index contributed by atoms with van der Waals surface area (Å²) in [6.45, 7) is 5.61. The van der Waals surface area contributed by atoms with Gasteiger partial charge in [-0.05, 0) is 43.9 Å². The van der Waals surface area contributed by atoms with Crippen molar-refractivity contribution in [2.75, 3.05) is 64.9 Å². The minimum Gasteiger partial charge on any atom is -0.379 e. The molecule has 184 valence electrons. The number of carbonyl (C=O) groups excluding carboxylic acids is 1. The Labute approximate surface area is 198 Å². The molecule has 4 rings (SSSR count). The monoisotopic (exact) mass is 478 g/mol. The van der Waals surface area contributed by atoms with Crippen LogP contribution in [0.5, 0.6) is 0 Å². The topological polar surface area (TPSA) is 82.2 Å². The molecule has 1 saturated carbocycles. The fraction of sp³-hybridized carbons (Fsp3) is 0.708. The molecule has 0 spiro atoms. The number of ether oxygens (including phenoxy) is 1. The van der Waals surface area contributed by atoms with E-state index in [2.05, 4.69) is 15.1 Å². The molecule has 1 aliphatic carbocycles. The SMILES string of the molecule is CN(C)S(=O)(=O)c1ccc(N2CCCC2)c(C(=O)NCC2(N3CCOCC3)CCCCC2)c1. The van der Waals surface area contributed by atoms with Crippen LogP contribution in [-0.2, 0) is 14.8 Å². The van der Waals surface area contributed by atoms with Crippen LogP contribution >= 0.6 is 0 Å². The van der Waals surface area contributed by atoms with Crippen LogP contribution in [-0.4, -0.2) is 89.1 Å². The van der Waals surface area contributed by atoms with Crippen molar-refractivity contribution >= 4 is 21.6 Å². The largest absolute Gasteiger partial charge is 0.379 e. The zero-order chi connectivity index (χ0) is 23.5. The van der Waals surface area contributed by atoms with Crippen molar-refractivity contribution in [1.82, 2.24) is 14.5 Å². The second-order valence-electron chi connectivity index (χ2n) is 9.73. The van der Waals surface area contributed by atoms with Crippen molar-refractivity contribution in [2.24, 2.45) is 0 Å². The Kier molecular flexibility index (Phi) is 7.63. The number of hydrogen-bond acceptors (Lipinski definition) is 6. The number of carbonyl (C=O) groups is 1. The highest BCUT2D eigenvalue weighted by atomic mass is 32.2. The molecule has 2 aliphatic heterocycles. The van der Waals surface area contributed by atoms with Gasteiger partial charge in [0.1, 0.15) is 0 Å². The fourth-order valence-electron chi connectivity index (χ4n) is 5.49. The number of nitrogens with one attached hydrogen (secondary N) is 1. The molecule has 0 radical (unpaired) electrons. The number of rotatable bonds is 7. The van der Waals surface area contributed by atoms with E-state index in [0.29, 0.717) is 12.1 Å². The van der Waals surface area contributed by atoms with Gasteiger partial charge in [-0.1, -0.05) is 19.3 Å². The molecule has 8 nitrogen and oxygen atoms in total. The van der Waals surface area contributed by atoms with Gasteiger partial charge in [0.2, 0.25) is 10.0 Å². The number of nitrogens with zero attached hydrogens (tertiary/aromatic N) is 3. The first kappa shape index (κ1) is 24.4. The lowest BCUT2D eigenvalue weighted by atomic mass is 9.79. The maximum absolute atomic E-state index is 13.5. The predicted octanol–water partition coefficient (Wildman–Crippen LogP) is 2.30. The number of morpholine rings is 1. The second-order valence-corrected chi connectivity index (χ2v) is 11.9. The van der Waals surface area contributed by atoms with Gasteiger partial charge in [-0.3, -0.25) is 9.69 Å². The average Bonchev–Trinajstić information content (AvgIpc) is 3.38. The molecule has 9 heteroatoms. The van der Waals surface area contributed by atoms with Crippen molar-refractivity contribution in [3.63, 3.8) is 0 Å². The van der Waals surface area contributed by atoms with Crippen molar-refractivity contribution in [3.8, 4) is 0 Å². The summed E-state index contributed by atoms with van der Waals surface area (Å²) >= 11 is 0. The molecule has 0 atom stereocenters. The zero-order valence-corrected chi connectivity index (χ0v) is 20.8. The van der Waals surface area contributed by atoms with Gasteiger partial charge in [0.05, 0.1) is 23.7 Å². The highest BCUT2D eigenvalue weighted by Crippen LogP contribution is 2.34. The number of amides is 1. The van der Waals surface area contributed by atoms with Crippen molar-refractivity contribution in [2.45, 2.75) is 55.4 Å². The molecule has 2 saturated heterocycles. The van der Waals surface area contributed by atoms with E-state index < -0.39 is 10.0 Å². The van der Waals surface area contributed by atoms with Gasteiger partial charge in [0, 0.05) is 58.0 Å². The fourth-order valence-corrected chi connectivity index (χ4v) is 6.42. The molecule has 0 aromatic heterocycles. The van der Waals surface area contributed by atoms with E-state index in [1.54, 1.807) is 18.2 Å². The third kappa shape index (κ3) is 5.21. The Morgan fingerprint density at radius 2 is 1.70 bits per heavy atom. The molecule has 0 unspecified atom stereocenters. The summed E-state index contributed by atoms with van der Waals surface area (Å²) in [4.78, 5) is 18.4. The molecule has 1 aromatic carbocycles. The van der Waals surface area contributed by atoms with Gasteiger partial charge in [-0.15, -0.1) is 0 Å². The van der Waals surface area contributed by atoms with E-state index in [1.807, 2.05) is 0 Å². The van der Waals surface area contributed by atoms with Gasteiger partial charge >= 0.3 is 0 Å². The first-order valence-electron chi connectivity index (χ1n) is 12.3. The van der Waals surface area contributed by atoms with E-state index in [9.17, 15) is 13.2 Å². The predicted molar refractivity (Wildman–Crippen MR) is 129 cm³/mol. The van der Waals surface area contributed by atoms with E-state index >= 15 is 0 Å². The molecule has 3 aliphatic rings. The van der Waals surface area contributed by atoms with Crippen LogP contribution in [0.1, 0.15) is 55.3 Å². The number of sulfonamides is 1. The van der Waals surface area contributed by atoms with Gasteiger partial charge in [0.25, 0.3) is 5.91 Å². The average molecular weight is 479 g/mol. The van der Waals surface area contributed by atoms with Crippen LogP contribution in [0.2, 0.25) is 0 Å². The summed E-state index contributed by atoms with van der Waals surface area (Å²) in [6.07, 6.45) is 7.88. The third-order valence-electron chi connectivity index (χ3n) is 7.48. The van der Waals surface area contributed by atoms with Crippen molar-refractivity contribution < 1.29 is 17.9 Å². The highest BCUT2D eigenvalue weighted by molar-refractivity contribution is 7.89. The van der Waals surface area contributed by atoms with Crippen LogP contribution in [0, 0.1) is 0 Å². The van der Waals surface area contributed by atoms with Crippen LogP contribution in [0.25, 0.3) is 0 Å². The molecule has 3 fully saturated rings. The van der Waals surface area contributed by atoms with Gasteiger partial charge < -0.3 is 15.0 Å². The van der Waals surface area contributed by atoms with Crippen molar-refractivity contribution in [3.05, 3.63) is 23.8 Å². The molecule has 1 amide bonds. The Morgan fingerprint density at radius 3 is 2.33 bits per heavy atom. The Hall–Kier alpha value is -1.68. The molecule has 33 heavy (non-hydrogen) atoms. The molecular weight excluding hydrogens is 440 g/mol. The highest BCUT2D eigenvalue weighted by Gasteiger charge is 2.39. The van der Waals surface area contributed by atoms with Gasteiger partial charge in [-0.2, -0.15) is 0 Å². The number of hydrogen-bond donors (Lipinski definition) is 1. The van der Waals surface area contributed by atoms with E-state index in [4.69, 9.17) is 4.74 Å². The van der Waals surface area contributed by atoms with E-state index in [1.165, 1.54) is 37.7 Å². The van der Waals surface area contributed by atoms with E-state index in [-0.39, 0.29) is 16.3 Å². The second kappa shape index (κ2) is 10.3. The van der Waals surface area contributed by atoms with Crippen LogP contribution in [0.15, 0.2) is 23.1 Å². The summed E-state index contributed by atoms with van der Waals surface area (Å²) in [5.41, 5.74) is 1.23. The minimum atomic E-state index is -3.63. The van der Waals surface area contributed by atoms with E-state index in [0.717, 1.165) is 70.8 Å². The first-order chi connectivity index (χ1) is 15.8. The lowest BCUT2D eigenvalue weighted by Crippen LogP contribution is -2.59. The van der Waals surface area contributed by atoms with Gasteiger partial charge in [-0.25, -0.2) is 12.7 Å². The smallest absolute Gasteiger partial charge is 0.253 e. The summed E-state index contributed by atoms with van der Waals surface area (Å²) in [6, 6.07) is 4.98. The summed E-state index contributed by atoms with van der Waals surface area (Å²) in [5.74, 6) is -0.189. The van der Waals surface area contributed by atoms with Crippen LogP contribution in [0.4, 0.5) is 5.69 Å². The molecule has 1 aromatic rings. The molecular formula is C24H38N4O4S. The maximum Gasteiger partial charge on any atom is 0.253 e. The quantitative estimate of drug-likeness (QED) is 0.648. The zero-order valence-electron chi connectivity index (χ0n) is 20.0. The van der Waals surface area contributed by atoms with Crippen LogP contribution in [0.3, 0.4) is 0 Å². The standard InChI is InChI=1S/C24H38N4O4S/c1-26(2)33(30,31)20-8-9-22(27-12-6-7-13-27)21(18-20)23(29)25-19-24(10-4-3-5-11-24)28-14-16-32-17-15-28/h8-9,18H,3-7,10-17,19H2,1-2H3,(H,25,29). The Balaban J connectivity index is 1.60. The Bertz CT molecular complexity index is 932. The first-order valence-corrected chi connectivity index (χ1v) is 13.7. The molecule has 2 heterocycles. The maximum atomic E-state index is 13.5.